The summed E-state index contributed by atoms with van der Waals surface area (Å²) in [6.07, 6.45) is 0. The van der Waals surface area contributed by atoms with Crippen molar-refractivity contribution in [2.75, 3.05) is 11.9 Å². The highest BCUT2D eigenvalue weighted by atomic mass is 79.9. The van der Waals surface area contributed by atoms with Gasteiger partial charge in [-0.05, 0) is 44.5 Å². The maximum atomic E-state index is 12.3. The zero-order valence-corrected chi connectivity index (χ0v) is 16.0. The van der Waals surface area contributed by atoms with Gasteiger partial charge >= 0.3 is 0 Å². The van der Waals surface area contributed by atoms with Crippen molar-refractivity contribution in [3.63, 3.8) is 0 Å². The maximum absolute atomic E-state index is 12.3. The Morgan fingerprint density at radius 1 is 1.20 bits per heavy atom. The van der Waals surface area contributed by atoms with E-state index in [0.717, 1.165) is 10.0 Å². The average Bonchev–Trinajstić information content (AvgIpc) is 2.79. The summed E-state index contributed by atoms with van der Waals surface area (Å²) in [5.74, 6) is -1.94. The van der Waals surface area contributed by atoms with E-state index in [1.807, 2.05) is 13.0 Å². The number of nitrogens with one attached hydrogen (secondary N) is 2. The molecular weight excluding hydrogens is 388 g/mol. The molecule has 132 valence electrons. The molecule has 1 aromatic heterocycles. The third-order valence-corrected chi connectivity index (χ3v) is 4.31. The van der Waals surface area contributed by atoms with Gasteiger partial charge in [-0.25, -0.2) is 0 Å². The van der Waals surface area contributed by atoms with E-state index >= 15 is 0 Å². The van der Waals surface area contributed by atoms with Gasteiger partial charge in [0.25, 0.3) is 11.7 Å². The van der Waals surface area contributed by atoms with Crippen LogP contribution >= 0.6 is 15.9 Å². The molecule has 0 bridgehead atoms. The number of benzene rings is 1. The molecule has 7 nitrogen and oxygen atoms in total. The van der Waals surface area contributed by atoms with Crippen LogP contribution in [0.5, 0.6) is 0 Å². The van der Waals surface area contributed by atoms with Crippen LogP contribution in [0.1, 0.15) is 27.3 Å². The quantitative estimate of drug-likeness (QED) is 0.586. The monoisotopic (exact) mass is 406 g/mol. The Morgan fingerprint density at radius 3 is 2.44 bits per heavy atom. The molecular formula is C17H19BrN4O3. The van der Waals surface area contributed by atoms with E-state index in [1.54, 1.807) is 37.7 Å². The highest BCUT2D eigenvalue weighted by Gasteiger charge is 2.24. The molecule has 0 atom stereocenters. The van der Waals surface area contributed by atoms with Crippen molar-refractivity contribution >= 4 is 39.2 Å². The SMILES string of the molecule is Cc1cc(Br)ccc1NC(=O)CNC(=O)C(=O)c1c(C)nn(C)c1C. The van der Waals surface area contributed by atoms with Crippen LogP contribution in [0.4, 0.5) is 5.69 Å². The standard InChI is InChI=1S/C17H19BrN4O3/c1-9-7-12(18)5-6-13(9)20-14(23)8-19-17(25)16(24)15-10(2)21-22(4)11(15)3/h5-7H,8H2,1-4H3,(H,19,25)(H,20,23). The van der Waals surface area contributed by atoms with E-state index in [-0.39, 0.29) is 12.1 Å². The molecule has 0 aliphatic heterocycles. The molecule has 2 amide bonds. The number of ketones is 1. The number of hydrogen-bond donors (Lipinski definition) is 2. The summed E-state index contributed by atoms with van der Waals surface area (Å²) in [4.78, 5) is 36.3. The number of carbonyl (C=O) groups is 3. The molecule has 0 radical (unpaired) electrons. The molecule has 0 aliphatic rings. The molecule has 25 heavy (non-hydrogen) atoms. The Labute approximate surface area is 153 Å². The lowest BCUT2D eigenvalue weighted by Crippen LogP contribution is -2.37. The Hall–Kier alpha value is -2.48. The van der Waals surface area contributed by atoms with E-state index < -0.39 is 17.6 Å². The fourth-order valence-corrected chi connectivity index (χ4v) is 2.89. The molecule has 8 heteroatoms. The van der Waals surface area contributed by atoms with Crippen LogP contribution in [-0.4, -0.2) is 33.9 Å². The number of Topliss-reactive ketones (excluding diaryl/α,β-unsaturated/α-hetero) is 1. The minimum Gasteiger partial charge on any atom is -0.340 e. The maximum Gasteiger partial charge on any atom is 0.292 e. The second-order valence-corrected chi connectivity index (χ2v) is 6.60. The third-order valence-electron chi connectivity index (χ3n) is 3.81. The molecule has 0 saturated heterocycles. The minimum atomic E-state index is -0.832. The Bertz CT molecular complexity index is 858. The lowest BCUT2D eigenvalue weighted by Gasteiger charge is -2.09. The summed E-state index contributed by atoms with van der Waals surface area (Å²) in [5.41, 5.74) is 2.88. The summed E-state index contributed by atoms with van der Waals surface area (Å²) in [6, 6.07) is 5.43. The van der Waals surface area contributed by atoms with Crippen molar-refractivity contribution in [3.8, 4) is 0 Å². The Kier molecular flexibility index (Phi) is 5.73. The lowest BCUT2D eigenvalue weighted by molar-refractivity contribution is -0.121. The van der Waals surface area contributed by atoms with Gasteiger partial charge in [-0.1, -0.05) is 15.9 Å². The molecule has 2 aromatic rings. The number of aryl methyl sites for hydroxylation is 3. The van der Waals surface area contributed by atoms with Gasteiger partial charge in [0.2, 0.25) is 5.91 Å². The number of amides is 2. The summed E-state index contributed by atoms with van der Waals surface area (Å²) in [5, 5.41) is 9.16. The summed E-state index contributed by atoms with van der Waals surface area (Å²) in [7, 11) is 1.70. The summed E-state index contributed by atoms with van der Waals surface area (Å²) < 4.78 is 2.45. The number of nitrogens with zero attached hydrogens (tertiary/aromatic N) is 2. The smallest absolute Gasteiger partial charge is 0.292 e. The first-order valence-electron chi connectivity index (χ1n) is 7.59. The predicted molar refractivity (Wildman–Crippen MR) is 97.5 cm³/mol. The van der Waals surface area contributed by atoms with Gasteiger partial charge in [0.1, 0.15) is 0 Å². The van der Waals surface area contributed by atoms with Gasteiger partial charge in [0, 0.05) is 22.9 Å². The second kappa shape index (κ2) is 7.60. The molecule has 2 N–H and O–H groups in total. The molecule has 1 aromatic carbocycles. The van der Waals surface area contributed by atoms with Crippen molar-refractivity contribution in [3.05, 3.63) is 45.2 Å². The normalized spacial score (nSPS) is 10.4. The average molecular weight is 407 g/mol. The van der Waals surface area contributed by atoms with E-state index in [2.05, 4.69) is 31.7 Å². The van der Waals surface area contributed by atoms with Crippen LogP contribution in [0.15, 0.2) is 22.7 Å². The first-order chi connectivity index (χ1) is 11.7. The van der Waals surface area contributed by atoms with Crippen molar-refractivity contribution in [2.24, 2.45) is 7.05 Å². The summed E-state index contributed by atoms with van der Waals surface area (Å²) in [6.45, 7) is 4.94. The van der Waals surface area contributed by atoms with Crippen LogP contribution in [0.2, 0.25) is 0 Å². The highest BCUT2D eigenvalue weighted by molar-refractivity contribution is 9.10. The molecule has 1 heterocycles. The minimum absolute atomic E-state index is 0.268. The topological polar surface area (TPSA) is 93.1 Å². The second-order valence-electron chi connectivity index (χ2n) is 5.69. The number of anilines is 1. The zero-order valence-electron chi connectivity index (χ0n) is 14.4. The fraction of sp³-hybridized carbons (Fsp3) is 0.294. The largest absolute Gasteiger partial charge is 0.340 e. The fourth-order valence-electron chi connectivity index (χ4n) is 2.42. The summed E-state index contributed by atoms with van der Waals surface area (Å²) >= 11 is 3.35. The van der Waals surface area contributed by atoms with Crippen molar-refractivity contribution in [1.82, 2.24) is 15.1 Å². The van der Waals surface area contributed by atoms with Crippen LogP contribution in [0, 0.1) is 20.8 Å². The molecule has 0 saturated carbocycles. The first-order valence-corrected chi connectivity index (χ1v) is 8.38. The molecule has 0 aliphatic carbocycles. The van der Waals surface area contributed by atoms with Gasteiger partial charge in [-0.15, -0.1) is 0 Å². The van der Waals surface area contributed by atoms with Crippen LogP contribution < -0.4 is 10.6 Å². The van der Waals surface area contributed by atoms with Crippen LogP contribution in [-0.2, 0) is 16.6 Å². The zero-order chi connectivity index (χ0) is 18.7. The van der Waals surface area contributed by atoms with Crippen molar-refractivity contribution in [1.29, 1.82) is 0 Å². The van der Waals surface area contributed by atoms with E-state index in [1.165, 1.54) is 0 Å². The molecule has 0 spiro atoms. The first kappa shape index (κ1) is 18.9. The number of hydrogen-bond acceptors (Lipinski definition) is 4. The van der Waals surface area contributed by atoms with Gasteiger partial charge < -0.3 is 10.6 Å². The number of aromatic nitrogens is 2. The van der Waals surface area contributed by atoms with Gasteiger partial charge in [0.05, 0.1) is 17.8 Å². The third kappa shape index (κ3) is 4.33. The van der Waals surface area contributed by atoms with Gasteiger partial charge in [-0.3, -0.25) is 19.1 Å². The van der Waals surface area contributed by atoms with Crippen molar-refractivity contribution < 1.29 is 14.4 Å². The van der Waals surface area contributed by atoms with Crippen molar-refractivity contribution in [2.45, 2.75) is 20.8 Å². The highest BCUT2D eigenvalue weighted by Crippen LogP contribution is 2.19. The lowest BCUT2D eigenvalue weighted by atomic mass is 10.1. The van der Waals surface area contributed by atoms with Crippen LogP contribution in [0.3, 0.4) is 0 Å². The van der Waals surface area contributed by atoms with E-state index in [4.69, 9.17) is 0 Å². The predicted octanol–water partition coefficient (Wildman–Crippen LogP) is 2.05. The van der Waals surface area contributed by atoms with E-state index in [9.17, 15) is 14.4 Å². The van der Waals surface area contributed by atoms with Gasteiger partial charge in [0.15, 0.2) is 0 Å². The number of halogens is 1. The number of rotatable bonds is 5. The van der Waals surface area contributed by atoms with E-state index in [0.29, 0.717) is 17.1 Å². The van der Waals surface area contributed by atoms with Gasteiger partial charge in [-0.2, -0.15) is 5.10 Å². The molecule has 0 fully saturated rings. The number of carbonyl (C=O) groups excluding carboxylic acids is 3. The molecule has 0 unspecified atom stereocenters. The Morgan fingerprint density at radius 2 is 1.88 bits per heavy atom. The van der Waals surface area contributed by atoms with Crippen LogP contribution in [0.25, 0.3) is 0 Å². The molecule has 2 rings (SSSR count). The Balaban J connectivity index is 1.97.